The van der Waals surface area contributed by atoms with Gasteiger partial charge in [-0.15, -0.1) is 0 Å². The summed E-state index contributed by atoms with van der Waals surface area (Å²) in [5.74, 6) is 1.95. The molecule has 17 heavy (non-hydrogen) atoms. The van der Waals surface area contributed by atoms with E-state index in [1.807, 2.05) is 6.92 Å². The van der Waals surface area contributed by atoms with Crippen molar-refractivity contribution in [1.29, 1.82) is 0 Å². The number of halogens is 1. The maximum absolute atomic E-state index is 5.89. The second-order valence-corrected chi connectivity index (χ2v) is 5.48. The molecule has 0 bridgehead atoms. The van der Waals surface area contributed by atoms with Crippen molar-refractivity contribution in [1.82, 2.24) is 9.97 Å². The summed E-state index contributed by atoms with van der Waals surface area (Å²) in [6, 6.07) is 0. The molecule has 0 saturated carbocycles. The van der Waals surface area contributed by atoms with Gasteiger partial charge in [-0.25, -0.2) is 9.97 Å². The number of rotatable bonds is 5. The second-order valence-electron chi connectivity index (χ2n) is 4.68. The van der Waals surface area contributed by atoms with Crippen molar-refractivity contribution < 1.29 is 4.74 Å². The third-order valence-electron chi connectivity index (χ3n) is 2.42. The van der Waals surface area contributed by atoms with Crippen LogP contribution in [0.1, 0.15) is 38.2 Å². The Labute approximate surface area is 111 Å². The fraction of sp³-hybridized carbons (Fsp3) is 0.667. The van der Waals surface area contributed by atoms with Gasteiger partial charge in [-0.3, -0.25) is 0 Å². The van der Waals surface area contributed by atoms with E-state index in [-0.39, 0.29) is 5.92 Å². The zero-order valence-corrected chi connectivity index (χ0v) is 12.4. The first-order valence-electron chi connectivity index (χ1n) is 5.76. The molecule has 0 saturated heterocycles. The molecule has 0 spiro atoms. The van der Waals surface area contributed by atoms with Crippen LogP contribution in [0.4, 0.5) is 5.82 Å². The van der Waals surface area contributed by atoms with E-state index < -0.39 is 0 Å². The maximum Gasteiger partial charge on any atom is 0.141 e. The largest absolute Gasteiger partial charge is 0.384 e. The minimum Gasteiger partial charge on any atom is -0.384 e. The van der Waals surface area contributed by atoms with Crippen molar-refractivity contribution in [2.75, 3.05) is 19.5 Å². The Morgan fingerprint density at radius 1 is 1.29 bits per heavy atom. The molecule has 1 aromatic heterocycles. The predicted octanol–water partition coefficient (Wildman–Crippen LogP) is 2.77. The van der Waals surface area contributed by atoms with Crippen molar-refractivity contribution in [2.45, 2.75) is 33.1 Å². The molecule has 0 fully saturated rings. The van der Waals surface area contributed by atoms with Crippen molar-refractivity contribution >= 4 is 21.7 Å². The zero-order chi connectivity index (χ0) is 13.0. The van der Waals surface area contributed by atoms with E-state index in [1.165, 1.54) is 0 Å². The number of nitrogens with two attached hydrogens (primary N) is 1. The highest BCUT2D eigenvalue weighted by Gasteiger charge is 2.15. The Kier molecular flexibility index (Phi) is 5.33. The first-order chi connectivity index (χ1) is 7.95. The van der Waals surface area contributed by atoms with Crippen molar-refractivity contribution in [3.63, 3.8) is 0 Å². The lowest BCUT2D eigenvalue weighted by atomic mass is 10.1. The van der Waals surface area contributed by atoms with Crippen LogP contribution in [0.5, 0.6) is 0 Å². The van der Waals surface area contributed by atoms with Gasteiger partial charge in [0.25, 0.3) is 0 Å². The molecule has 1 unspecified atom stereocenters. The normalized spacial score (nSPS) is 13.1. The molecule has 4 nitrogen and oxygen atoms in total. The van der Waals surface area contributed by atoms with Gasteiger partial charge in [-0.2, -0.15) is 0 Å². The molecule has 0 aromatic carbocycles. The van der Waals surface area contributed by atoms with Gasteiger partial charge in [0.05, 0.1) is 16.8 Å². The third kappa shape index (κ3) is 3.92. The summed E-state index contributed by atoms with van der Waals surface area (Å²) in [4.78, 5) is 8.87. The lowest BCUT2D eigenvalue weighted by Gasteiger charge is -2.14. The number of methoxy groups -OCH3 is 1. The van der Waals surface area contributed by atoms with Crippen LogP contribution in [0, 0.1) is 5.92 Å². The highest BCUT2D eigenvalue weighted by atomic mass is 79.9. The van der Waals surface area contributed by atoms with Crippen LogP contribution in [-0.4, -0.2) is 23.7 Å². The second kappa shape index (κ2) is 6.31. The summed E-state index contributed by atoms with van der Waals surface area (Å²) in [5.41, 5.74) is 6.87. The Balaban J connectivity index is 3.05. The van der Waals surface area contributed by atoms with Crippen molar-refractivity contribution in [2.24, 2.45) is 5.92 Å². The number of ether oxygens (including phenoxy) is 1. The third-order valence-corrected chi connectivity index (χ3v) is 3.29. The van der Waals surface area contributed by atoms with E-state index in [2.05, 4.69) is 39.7 Å². The monoisotopic (exact) mass is 301 g/mol. The van der Waals surface area contributed by atoms with Gasteiger partial charge in [-0.1, -0.05) is 20.8 Å². The van der Waals surface area contributed by atoms with Crippen LogP contribution >= 0.6 is 15.9 Å². The molecule has 2 N–H and O–H groups in total. The lowest BCUT2D eigenvalue weighted by Crippen LogP contribution is -2.12. The molecular weight excluding hydrogens is 282 g/mol. The van der Waals surface area contributed by atoms with E-state index in [4.69, 9.17) is 10.5 Å². The molecule has 0 amide bonds. The molecule has 0 radical (unpaired) electrons. The molecule has 0 aliphatic heterocycles. The Bertz CT molecular complexity index is 382. The SMILES string of the molecule is COCC(C)c1nc(N)c(Br)c(CC(C)C)n1. The topological polar surface area (TPSA) is 61.0 Å². The molecule has 1 heterocycles. The fourth-order valence-corrected chi connectivity index (χ4v) is 1.94. The van der Waals surface area contributed by atoms with Crippen LogP contribution in [0.25, 0.3) is 0 Å². The van der Waals surface area contributed by atoms with Gasteiger partial charge in [0.15, 0.2) is 0 Å². The summed E-state index contributed by atoms with van der Waals surface area (Å²) >= 11 is 3.45. The average Bonchev–Trinajstić information content (AvgIpc) is 2.24. The first-order valence-corrected chi connectivity index (χ1v) is 6.55. The quantitative estimate of drug-likeness (QED) is 0.908. The van der Waals surface area contributed by atoms with Crippen LogP contribution in [0.15, 0.2) is 4.47 Å². The van der Waals surface area contributed by atoms with Crippen molar-refractivity contribution in [3.8, 4) is 0 Å². The standard InChI is InChI=1S/C12H20BrN3O/c1-7(2)5-9-10(13)11(14)16-12(15-9)8(3)6-17-4/h7-8H,5-6H2,1-4H3,(H2,14,15,16). The number of hydrogen-bond acceptors (Lipinski definition) is 4. The Hall–Kier alpha value is -0.680. The number of anilines is 1. The van der Waals surface area contributed by atoms with Crippen LogP contribution in [-0.2, 0) is 11.2 Å². The minimum absolute atomic E-state index is 0.154. The minimum atomic E-state index is 0.154. The molecule has 1 rings (SSSR count). The van der Waals surface area contributed by atoms with Gasteiger partial charge >= 0.3 is 0 Å². The highest BCUT2D eigenvalue weighted by Crippen LogP contribution is 2.25. The molecular formula is C12H20BrN3O. The van der Waals surface area contributed by atoms with Gasteiger partial charge in [0.1, 0.15) is 11.6 Å². The van der Waals surface area contributed by atoms with Gasteiger partial charge in [-0.05, 0) is 28.3 Å². The molecule has 1 atom stereocenters. The lowest BCUT2D eigenvalue weighted by molar-refractivity contribution is 0.181. The average molecular weight is 302 g/mol. The number of nitrogen functional groups attached to an aromatic ring is 1. The molecule has 0 aliphatic rings. The van der Waals surface area contributed by atoms with Crippen LogP contribution in [0.2, 0.25) is 0 Å². The smallest absolute Gasteiger partial charge is 0.141 e. The molecule has 0 aliphatic carbocycles. The Morgan fingerprint density at radius 3 is 2.47 bits per heavy atom. The summed E-state index contributed by atoms with van der Waals surface area (Å²) < 4.78 is 5.94. The van der Waals surface area contributed by atoms with Crippen LogP contribution < -0.4 is 5.73 Å². The van der Waals surface area contributed by atoms with E-state index in [1.54, 1.807) is 7.11 Å². The van der Waals surface area contributed by atoms with Crippen molar-refractivity contribution in [3.05, 3.63) is 16.0 Å². The van der Waals surface area contributed by atoms with Crippen LogP contribution in [0.3, 0.4) is 0 Å². The van der Waals surface area contributed by atoms with E-state index in [0.717, 1.165) is 22.4 Å². The number of hydrogen-bond donors (Lipinski definition) is 1. The van der Waals surface area contributed by atoms with Gasteiger partial charge in [0, 0.05) is 13.0 Å². The van der Waals surface area contributed by atoms with E-state index in [9.17, 15) is 0 Å². The van der Waals surface area contributed by atoms with E-state index >= 15 is 0 Å². The predicted molar refractivity (Wildman–Crippen MR) is 73.0 cm³/mol. The van der Waals surface area contributed by atoms with Gasteiger partial charge in [0.2, 0.25) is 0 Å². The number of nitrogens with zero attached hydrogens (tertiary/aromatic N) is 2. The van der Waals surface area contributed by atoms with E-state index in [0.29, 0.717) is 18.3 Å². The Morgan fingerprint density at radius 2 is 1.94 bits per heavy atom. The highest BCUT2D eigenvalue weighted by molar-refractivity contribution is 9.10. The first kappa shape index (κ1) is 14.4. The number of aromatic nitrogens is 2. The summed E-state index contributed by atoms with van der Waals surface area (Å²) in [7, 11) is 1.67. The maximum atomic E-state index is 5.89. The van der Waals surface area contributed by atoms with Gasteiger partial charge < -0.3 is 10.5 Å². The molecule has 96 valence electrons. The molecule has 1 aromatic rings. The summed E-state index contributed by atoms with van der Waals surface area (Å²) in [6.45, 7) is 6.94. The zero-order valence-electron chi connectivity index (χ0n) is 10.8. The fourth-order valence-electron chi connectivity index (χ4n) is 1.60. The molecule has 5 heteroatoms. The summed E-state index contributed by atoms with van der Waals surface area (Å²) in [5, 5.41) is 0. The summed E-state index contributed by atoms with van der Waals surface area (Å²) in [6.07, 6.45) is 0.889.